The predicted molar refractivity (Wildman–Crippen MR) is 54.5 cm³/mol. The van der Waals surface area contributed by atoms with Gasteiger partial charge in [-0.2, -0.15) is 0 Å². The molecule has 2 fully saturated rings. The van der Waals surface area contributed by atoms with Crippen molar-refractivity contribution in [3.05, 3.63) is 0 Å². The average Bonchev–Trinajstić information content (AvgIpc) is 2.02. The summed E-state index contributed by atoms with van der Waals surface area (Å²) in [6.07, 6.45) is 10.5. The Morgan fingerprint density at radius 2 is 1.69 bits per heavy atom. The van der Waals surface area contributed by atoms with E-state index in [4.69, 9.17) is 0 Å². The van der Waals surface area contributed by atoms with Gasteiger partial charge in [0, 0.05) is 0 Å². The third-order valence-electron chi connectivity index (χ3n) is 4.31. The lowest BCUT2D eigenvalue weighted by Gasteiger charge is -2.44. The van der Waals surface area contributed by atoms with E-state index in [0.29, 0.717) is 5.92 Å². The monoisotopic (exact) mass is 182 g/mol. The maximum atomic E-state index is 10.3. The highest BCUT2D eigenvalue weighted by molar-refractivity contribution is 4.91. The molecule has 1 nitrogen and oxygen atoms in total. The Kier molecular flexibility index (Phi) is 2.64. The second kappa shape index (κ2) is 3.61. The summed E-state index contributed by atoms with van der Waals surface area (Å²) < 4.78 is 0. The number of hydrogen-bond donors (Lipinski definition) is 1. The number of hydrogen-bond acceptors (Lipinski definition) is 1. The Labute approximate surface area is 81.5 Å². The normalized spacial score (nSPS) is 30.9. The molecule has 2 aliphatic rings. The van der Waals surface area contributed by atoms with Crippen LogP contribution in [0.1, 0.15) is 58.3 Å². The fourth-order valence-corrected chi connectivity index (χ4v) is 2.98. The van der Waals surface area contributed by atoms with E-state index in [9.17, 15) is 5.11 Å². The van der Waals surface area contributed by atoms with Gasteiger partial charge in [-0.15, -0.1) is 0 Å². The molecule has 0 bridgehead atoms. The van der Waals surface area contributed by atoms with Crippen molar-refractivity contribution in [1.29, 1.82) is 0 Å². The summed E-state index contributed by atoms with van der Waals surface area (Å²) >= 11 is 0. The van der Waals surface area contributed by atoms with Crippen LogP contribution >= 0.6 is 0 Å². The largest absolute Gasteiger partial charge is 0.392 e. The third kappa shape index (κ3) is 1.76. The van der Waals surface area contributed by atoms with E-state index in [-0.39, 0.29) is 11.5 Å². The van der Waals surface area contributed by atoms with Crippen LogP contribution in [-0.4, -0.2) is 11.2 Å². The van der Waals surface area contributed by atoms with Crippen molar-refractivity contribution in [2.75, 3.05) is 0 Å². The molecule has 0 aliphatic heterocycles. The topological polar surface area (TPSA) is 20.2 Å². The highest BCUT2D eigenvalue weighted by atomic mass is 16.3. The van der Waals surface area contributed by atoms with Crippen molar-refractivity contribution in [3.8, 4) is 0 Å². The van der Waals surface area contributed by atoms with E-state index in [1.165, 1.54) is 51.4 Å². The molecule has 1 atom stereocenters. The minimum absolute atomic E-state index is 0.00144. The number of aliphatic hydroxyl groups is 1. The lowest BCUT2D eigenvalue weighted by atomic mass is 9.64. The highest BCUT2D eigenvalue weighted by Gasteiger charge is 2.40. The van der Waals surface area contributed by atoms with Crippen molar-refractivity contribution in [1.82, 2.24) is 0 Å². The molecular weight excluding hydrogens is 160 g/mol. The van der Waals surface area contributed by atoms with Crippen LogP contribution in [0.5, 0.6) is 0 Å². The zero-order chi connectivity index (χ0) is 9.31. The molecule has 76 valence electrons. The lowest BCUT2D eigenvalue weighted by Crippen LogP contribution is -2.42. The van der Waals surface area contributed by atoms with Gasteiger partial charge in [0.25, 0.3) is 0 Å². The van der Waals surface area contributed by atoms with Crippen LogP contribution in [0.3, 0.4) is 0 Å². The van der Waals surface area contributed by atoms with E-state index in [0.717, 1.165) is 0 Å². The molecule has 0 saturated heterocycles. The smallest absolute Gasteiger partial charge is 0.0621 e. The highest BCUT2D eigenvalue weighted by Crippen LogP contribution is 2.45. The Hall–Kier alpha value is -0.0400. The molecule has 1 N–H and O–H groups in total. The van der Waals surface area contributed by atoms with Crippen LogP contribution in [0.15, 0.2) is 0 Å². The molecular formula is C12H22O. The molecule has 0 heterocycles. The van der Waals surface area contributed by atoms with Gasteiger partial charge in [-0.3, -0.25) is 0 Å². The molecule has 0 amide bonds. The van der Waals surface area contributed by atoms with Crippen molar-refractivity contribution >= 4 is 0 Å². The number of rotatable bonds is 2. The molecule has 0 aromatic heterocycles. The Morgan fingerprint density at radius 3 is 2.15 bits per heavy atom. The minimum atomic E-state index is 0.00144. The summed E-state index contributed by atoms with van der Waals surface area (Å²) in [5.41, 5.74) is 0.267. The van der Waals surface area contributed by atoms with Gasteiger partial charge >= 0.3 is 0 Å². The van der Waals surface area contributed by atoms with Gasteiger partial charge in [0.2, 0.25) is 0 Å². The molecule has 1 unspecified atom stereocenters. The summed E-state index contributed by atoms with van der Waals surface area (Å²) in [7, 11) is 0. The van der Waals surface area contributed by atoms with Gasteiger partial charge in [-0.05, 0) is 37.0 Å². The molecule has 13 heavy (non-hydrogen) atoms. The number of aliphatic hydroxyl groups excluding tert-OH is 1. The second-order valence-corrected chi connectivity index (χ2v) is 5.35. The van der Waals surface area contributed by atoms with Gasteiger partial charge in [0.1, 0.15) is 0 Å². The zero-order valence-electron chi connectivity index (χ0n) is 8.76. The molecule has 0 spiro atoms. The van der Waals surface area contributed by atoms with Crippen LogP contribution < -0.4 is 0 Å². The fourth-order valence-electron chi connectivity index (χ4n) is 2.98. The van der Waals surface area contributed by atoms with Gasteiger partial charge in [0.15, 0.2) is 0 Å². The molecule has 0 radical (unpaired) electrons. The Balaban J connectivity index is 1.94. The first-order valence-electron chi connectivity index (χ1n) is 5.90. The summed E-state index contributed by atoms with van der Waals surface area (Å²) in [5, 5.41) is 10.3. The molecule has 2 saturated carbocycles. The van der Waals surface area contributed by atoms with Crippen LogP contribution in [0, 0.1) is 11.3 Å². The van der Waals surface area contributed by atoms with E-state index in [1.54, 1.807) is 0 Å². The van der Waals surface area contributed by atoms with E-state index >= 15 is 0 Å². The molecule has 0 aromatic rings. The van der Waals surface area contributed by atoms with Crippen LogP contribution in [-0.2, 0) is 0 Å². The first kappa shape index (κ1) is 9.51. The van der Waals surface area contributed by atoms with Crippen LogP contribution in [0.2, 0.25) is 0 Å². The fraction of sp³-hybridized carbons (Fsp3) is 1.00. The van der Waals surface area contributed by atoms with Gasteiger partial charge in [-0.25, -0.2) is 0 Å². The Morgan fingerprint density at radius 1 is 1.08 bits per heavy atom. The second-order valence-electron chi connectivity index (χ2n) is 5.35. The first-order chi connectivity index (χ1) is 6.22. The van der Waals surface area contributed by atoms with Crippen molar-refractivity contribution in [2.24, 2.45) is 11.3 Å². The predicted octanol–water partition coefficient (Wildman–Crippen LogP) is 3.12. The van der Waals surface area contributed by atoms with E-state index < -0.39 is 0 Å². The van der Waals surface area contributed by atoms with Crippen LogP contribution in [0.25, 0.3) is 0 Å². The average molecular weight is 182 g/mol. The zero-order valence-corrected chi connectivity index (χ0v) is 8.76. The molecule has 0 aromatic carbocycles. The van der Waals surface area contributed by atoms with E-state index in [2.05, 4.69) is 6.92 Å². The molecule has 2 rings (SSSR count). The molecule has 1 heteroatoms. The van der Waals surface area contributed by atoms with Crippen molar-refractivity contribution in [2.45, 2.75) is 64.4 Å². The summed E-state index contributed by atoms with van der Waals surface area (Å²) in [5.74, 6) is 0.642. The van der Waals surface area contributed by atoms with Gasteiger partial charge in [0.05, 0.1) is 6.10 Å². The van der Waals surface area contributed by atoms with E-state index in [1.807, 2.05) is 0 Å². The molecule has 2 aliphatic carbocycles. The summed E-state index contributed by atoms with van der Waals surface area (Å²) in [6.45, 7) is 2.30. The Bertz CT molecular complexity index is 166. The van der Waals surface area contributed by atoms with Crippen molar-refractivity contribution in [3.63, 3.8) is 0 Å². The van der Waals surface area contributed by atoms with Crippen LogP contribution in [0.4, 0.5) is 0 Å². The minimum Gasteiger partial charge on any atom is -0.392 e. The van der Waals surface area contributed by atoms with Gasteiger partial charge in [-0.1, -0.05) is 32.6 Å². The third-order valence-corrected chi connectivity index (χ3v) is 4.31. The summed E-state index contributed by atoms with van der Waals surface area (Å²) in [4.78, 5) is 0. The standard InChI is InChI=1S/C12H22O/c1-12(8-3-2-4-9-12)11(13)10-6-5-7-10/h10-11,13H,2-9H2,1H3. The van der Waals surface area contributed by atoms with Crippen molar-refractivity contribution < 1.29 is 5.11 Å². The first-order valence-corrected chi connectivity index (χ1v) is 5.90. The summed E-state index contributed by atoms with van der Waals surface area (Å²) in [6, 6.07) is 0. The maximum Gasteiger partial charge on any atom is 0.0621 e. The SMILES string of the molecule is CC1(C(O)C2CCC2)CCCCC1. The lowest BCUT2D eigenvalue weighted by molar-refractivity contribution is -0.0538. The maximum absolute atomic E-state index is 10.3. The quantitative estimate of drug-likeness (QED) is 0.695. The van der Waals surface area contributed by atoms with Gasteiger partial charge < -0.3 is 5.11 Å².